The number of fused-ring (bicyclic) bond motifs is 1. The number of ether oxygens (including phenoxy) is 1. The maximum atomic E-state index is 13.8. The second kappa shape index (κ2) is 9.05. The summed E-state index contributed by atoms with van der Waals surface area (Å²) in [5, 5.41) is 5.72. The maximum Gasteiger partial charge on any atom is 0.200 e. The molecule has 0 aromatic heterocycles. The Balaban J connectivity index is 1.54. The number of nitrogens with one attached hydrogen (secondary N) is 1. The molecule has 3 nitrogen and oxygen atoms in total. The van der Waals surface area contributed by atoms with E-state index >= 15 is 0 Å². The first kappa shape index (κ1) is 21.3. The van der Waals surface area contributed by atoms with Gasteiger partial charge in [-0.2, -0.15) is 5.10 Å². The molecule has 0 radical (unpaired) electrons. The van der Waals surface area contributed by atoms with Crippen LogP contribution in [0.1, 0.15) is 11.1 Å². The molecule has 0 heterocycles. The molecule has 8 heteroatoms. The Morgan fingerprint density at radius 2 is 1.34 bits per heavy atom. The van der Waals surface area contributed by atoms with Crippen LogP contribution in [0.2, 0.25) is 0 Å². The fourth-order valence-corrected chi connectivity index (χ4v) is 3.16. The Bertz CT molecular complexity index is 1290. The zero-order chi connectivity index (χ0) is 22.7. The van der Waals surface area contributed by atoms with Crippen LogP contribution >= 0.6 is 0 Å². The van der Waals surface area contributed by atoms with Gasteiger partial charge in [0.2, 0.25) is 5.82 Å². The Labute approximate surface area is 179 Å². The molecule has 0 fully saturated rings. The highest BCUT2D eigenvalue weighted by atomic mass is 19.2. The summed E-state index contributed by atoms with van der Waals surface area (Å²) in [6.45, 7) is 0.247. The summed E-state index contributed by atoms with van der Waals surface area (Å²) in [6.07, 6.45) is 1.16. The number of hydrogen-bond donors (Lipinski definition) is 1. The van der Waals surface area contributed by atoms with Crippen LogP contribution in [0.5, 0.6) is 5.75 Å². The van der Waals surface area contributed by atoms with E-state index in [0.717, 1.165) is 22.6 Å². The lowest BCUT2D eigenvalue weighted by Crippen LogP contribution is -2.06. The van der Waals surface area contributed by atoms with Crippen molar-refractivity contribution in [3.8, 4) is 5.75 Å². The highest BCUT2D eigenvalue weighted by molar-refractivity contribution is 5.86. The number of nitrogens with zero attached hydrogens (tertiary/aromatic N) is 1. The highest BCUT2D eigenvalue weighted by Crippen LogP contribution is 2.27. The number of para-hydroxylation sites is 1. The van der Waals surface area contributed by atoms with Crippen molar-refractivity contribution in [3.63, 3.8) is 0 Å². The van der Waals surface area contributed by atoms with Crippen molar-refractivity contribution in [1.29, 1.82) is 0 Å². The van der Waals surface area contributed by atoms with Crippen molar-refractivity contribution in [1.82, 2.24) is 0 Å². The summed E-state index contributed by atoms with van der Waals surface area (Å²) in [5.41, 5.74) is 2.02. The van der Waals surface area contributed by atoms with E-state index in [9.17, 15) is 22.0 Å². The Kier molecular flexibility index (Phi) is 6.02. The predicted molar refractivity (Wildman–Crippen MR) is 112 cm³/mol. The molecule has 32 heavy (non-hydrogen) atoms. The molecule has 4 aromatic carbocycles. The largest absolute Gasteiger partial charge is 0.488 e. The van der Waals surface area contributed by atoms with Crippen molar-refractivity contribution in [2.75, 3.05) is 5.43 Å². The Hall–Kier alpha value is -3.94. The summed E-state index contributed by atoms with van der Waals surface area (Å²) in [6, 6.07) is 20.4. The SMILES string of the molecule is Fc1c(F)c(F)c(N/N=C/c2ccccc2OCc2cccc3ccccc23)c(F)c1F. The lowest BCUT2D eigenvalue weighted by atomic mass is 10.1. The van der Waals surface area contributed by atoms with E-state index in [2.05, 4.69) is 5.10 Å². The third kappa shape index (κ3) is 4.12. The van der Waals surface area contributed by atoms with E-state index in [1.165, 1.54) is 0 Å². The summed E-state index contributed by atoms with van der Waals surface area (Å²) in [7, 11) is 0. The van der Waals surface area contributed by atoms with Crippen LogP contribution in [0.3, 0.4) is 0 Å². The van der Waals surface area contributed by atoms with Crippen molar-refractivity contribution < 1.29 is 26.7 Å². The van der Waals surface area contributed by atoms with E-state index < -0.39 is 34.8 Å². The molecule has 162 valence electrons. The fraction of sp³-hybridized carbons (Fsp3) is 0.0417. The first-order valence-corrected chi connectivity index (χ1v) is 9.46. The standard InChI is InChI=1S/C24H15F5N2O/c25-19-20(26)22(28)24(23(29)21(19)27)31-30-12-15-7-2-4-11-18(15)32-13-16-9-5-8-14-6-1-3-10-17(14)16/h1-12,31H,13H2/b30-12+. The zero-order valence-corrected chi connectivity index (χ0v) is 16.4. The Morgan fingerprint density at radius 1 is 0.719 bits per heavy atom. The number of hydrogen-bond acceptors (Lipinski definition) is 3. The molecule has 0 spiro atoms. The van der Waals surface area contributed by atoms with Crippen LogP contribution in [0, 0.1) is 29.1 Å². The Morgan fingerprint density at radius 3 is 2.12 bits per heavy atom. The van der Waals surface area contributed by atoms with Gasteiger partial charge in [-0.3, -0.25) is 5.43 Å². The molecule has 0 aliphatic rings. The number of anilines is 1. The van der Waals surface area contributed by atoms with Gasteiger partial charge in [0.25, 0.3) is 0 Å². The maximum absolute atomic E-state index is 13.8. The van der Waals surface area contributed by atoms with Gasteiger partial charge in [0.1, 0.15) is 18.0 Å². The molecule has 0 saturated carbocycles. The van der Waals surface area contributed by atoms with Crippen molar-refractivity contribution in [2.45, 2.75) is 6.61 Å². The minimum Gasteiger partial charge on any atom is -0.488 e. The van der Waals surface area contributed by atoms with Gasteiger partial charge in [0, 0.05) is 5.56 Å². The molecule has 0 saturated heterocycles. The quantitative estimate of drug-likeness (QED) is 0.121. The normalized spacial score (nSPS) is 11.3. The van der Waals surface area contributed by atoms with E-state index in [1.807, 2.05) is 47.9 Å². The van der Waals surface area contributed by atoms with Crippen LogP contribution in [0.25, 0.3) is 10.8 Å². The van der Waals surface area contributed by atoms with Crippen molar-refractivity contribution in [3.05, 3.63) is 107 Å². The van der Waals surface area contributed by atoms with Crippen molar-refractivity contribution >= 4 is 22.7 Å². The van der Waals surface area contributed by atoms with Gasteiger partial charge in [0.15, 0.2) is 23.3 Å². The van der Waals surface area contributed by atoms with Crippen LogP contribution < -0.4 is 10.2 Å². The summed E-state index contributed by atoms with van der Waals surface area (Å²) in [4.78, 5) is 0. The lowest BCUT2D eigenvalue weighted by molar-refractivity contribution is 0.307. The van der Waals surface area contributed by atoms with Crippen LogP contribution in [0.15, 0.2) is 71.8 Å². The molecule has 0 bridgehead atoms. The third-order valence-corrected chi connectivity index (χ3v) is 4.77. The molecule has 0 amide bonds. The minimum absolute atomic E-state index is 0.247. The fourth-order valence-electron chi connectivity index (χ4n) is 3.16. The van der Waals surface area contributed by atoms with E-state index in [-0.39, 0.29) is 6.61 Å². The number of halogens is 5. The summed E-state index contributed by atoms with van der Waals surface area (Å²) >= 11 is 0. The van der Waals surface area contributed by atoms with Crippen LogP contribution in [-0.2, 0) is 6.61 Å². The number of benzene rings is 4. The average molecular weight is 442 g/mol. The molecular formula is C24H15F5N2O. The van der Waals surface area contributed by atoms with E-state index in [1.54, 1.807) is 24.3 Å². The smallest absolute Gasteiger partial charge is 0.200 e. The number of hydrazone groups is 1. The monoisotopic (exact) mass is 442 g/mol. The van der Waals surface area contributed by atoms with Crippen LogP contribution in [0.4, 0.5) is 27.6 Å². The van der Waals surface area contributed by atoms with E-state index in [0.29, 0.717) is 11.3 Å². The molecule has 0 unspecified atom stereocenters. The topological polar surface area (TPSA) is 33.6 Å². The van der Waals surface area contributed by atoms with Crippen molar-refractivity contribution in [2.24, 2.45) is 5.10 Å². The summed E-state index contributed by atoms with van der Waals surface area (Å²) < 4.78 is 73.2. The molecule has 4 rings (SSSR count). The van der Waals surface area contributed by atoms with Gasteiger partial charge in [-0.05, 0) is 28.5 Å². The molecular weight excluding hydrogens is 427 g/mol. The molecule has 0 atom stereocenters. The second-order valence-electron chi connectivity index (χ2n) is 6.78. The second-order valence-corrected chi connectivity index (χ2v) is 6.78. The van der Waals surface area contributed by atoms with Crippen LogP contribution in [-0.4, -0.2) is 6.21 Å². The average Bonchev–Trinajstić information content (AvgIpc) is 2.83. The molecule has 4 aromatic rings. The van der Waals surface area contributed by atoms with Gasteiger partial charge < -0.3 is 4.74 Å². The zero-order valence-electron chi connectivity index (χ0n) is 16.4. The van der Waals surface area contributed by atoms with Gasteiger partial charge in [-0.15, -0.1) is 0 Å². The van der Waals surface area contributed by atoms with Gasteiger partial charge in [0.05, 0.1) is 6.21 Å². The molecule has 0 aliphatic heterocycles. The van der Waals surface area contributed by atoms with Gasteiger partial charge in [-0.1, -0.05) is 54.6 Å². The third-order valence-electron chi connectivity index (χ3n) is 4.77. The van der Waals surface area contributed by atoms with E-state index in [4.69, 9.17) is 4.74 Å². The summed E-state index contributed by atoms with van der Waals surface area (Å²) in [5.74, 6) is -9.93. The van der Waals surface area contributed by atoms with Gasteiger partial charge >= 0.3 is 0 Å². The first-order valence-electron chi connectivity index (χ1n) is 9.46. The highest BCUT2D eigenvalue weighted by Gasteiger charge is 2.25. The molecule has 0 aliphatic carbocycles. The predicted octanol–water partition coefficient (Wildman–Crippen LogP) is 6.56. The lowest BCUT2D eigenvalue weighted by Gasteiger charge is -2.11. The number of rotatable bonds is 6. The minimum atomic E-state index is -2.23. The molecule has 1 N–H and O–H groups in total. The van der Waals surface area contributed by atoms with Gasteiger partial charge in [-0.25, -0.2) is 22.0 Å². The first-order chi connectivity index (χ1) is 15.5.